The summed E-state index contributed by atoms with van der Waals surface area (Å²) in [6.07, 6.45) is 7.01. The van der Waals surface area contributed by atoms with Crippen molar-refractivity contribution in [2.75, 3.05) is 31.9 Å². The first-order valence-corrected chi connectivity index (χ1v) is 14.8. The number of benzene rings is 1. The van der Waals surface area contributed by atoms with Crippen LogP contribution in [0.15, 0.2) is 34.9 Å². The third-order valence-corrected chi connectivity index (χ3v) is 10.0. The molecule has 3 aliphatic rings. The van der Waals surface area contributed by atoms with Crippen LogP contribution in [0.3, 0.4) is 0 Å². The van der Waals surface area contributed by atoms with Crippen molar-refractivity contribution in [3.8, 4) is 11.3 Å². The van der Waals surface area contributed by atoms with Gasteiger partial charge in [-0.25, -0.2) is 8.51 Å². The number of likely N-dealkylation sites (tertiary alicyclic amines) is 1. The molecule has 1 aromatic carbocycles. The lowest BCUT2D eigenvalue weighted by Crippen LogP contribution is -2.51. The molecule has 0 radical (unpaired) electrons. The molecule has 2 aromatic rings. The molecular weight excluding hydrogens is 498 g/mol. The summed E-state index contributed by atoms with van der Waals surface area (Å²) < 4.78 is 21.0. The predicted molar refractivity (Wildman–Crippen MR) is 142 cm³/mol. The highest BCUT2D eigenvalue weighted by molar-refractivity contribution is 7.82. The smallest absolute Gasteiger partial charge is 0.273 e. The second-order valence-corrected chi connectivity index (χ2v) is 12.2. The molecule has 36 heavy (non-hydrogen) atoms. The van der Waals surface area contributed by atoms with E-state index in [2.05, 4.69) is 19.7 Å². The summed E-state index contributed by atoms with van der Waals surface area (Å²) in [6.45, 7) is 3.99. The third kappa shape index (κ3) is 5.86. The number of amides is 1. The van der Waals surface area contributed by atoms with E-state index < -0.39 is 11.0 Å². The number of nitrogens with zero attached hydrogens (tertiary/aromatic N) is 3. The van der Waals surface area contributed by atoms with Crippen LogP contribution < -0.4 is 11.1 Å². The molecule has 1 aromatic heterocycles. The van der Waals surface area contributed by atoms with Crippen LogP contribution in [-0.2, 0) is 11.0 Å². The zero-order valence-corrected chi connectivity index (χ0v) is 22.2. The summed E-state index contributed by atoms with van der Waals surface area (Å²) in [7, 11) is -0.960. The van der Waals surface area contributed by atoms with E-state index in [-0.39, 0.29) is 29.7 Å². The molecule has 4 heterocycles. The van der Waals surface area contributed by atoms with Crippen LogP contribution >= 0.6 is 11.6 Å². The number of hydrogen-bond donors (Lipinski definition) is 2. The largest absolute Gasteiger partial charge is 0.355 e. The van der Waals surface area contributed by atoms with Crippen LogP contribution in [0, 0.1) is 5.92 Å². The van der Waals surface area contributed by atoms with Crippen LogP contribution in [0.1, 0.15) is 55.4 Å². The first-order valence-electron chi connectivity index (χ1n) is 13.1. The van der Waals surface area contributed by atoms with Crippen LogP contribution in [0.4, 0.5) is 0 Å². The SMILES string of the molecule is NCCCN1CCC(CS(=O)N2C3CCC2CC(NC(=O)c2cc(-c4ccccc4Cl)on2)C3)CC1. The second kappa shape index (κ2) is 11.7. The van der Waals surface area contributed by atoms with Gasteiger partial charge in [-0.05, 0) is 89.2 Å². The van der Waals surface area contributed by atoms with Crippen molar-refractivity contribution in [1.82, 2.24) is 19.7 Å². The third-order valence-electron chi connectivity index (χ3n) is 7.88. The fourth-order valence-corrected chi connectivity index (χ4v) is 8.18. The minimum absolute atomic E-state index is 0.0505. The quantitative estimate of drug-likeness (QED) is 0.511. The Bertz CT molecular complexity index is 1060. The molecule has 8 nitrogen and oxygen atoms in total. The molecule has 0 spiro atoms. The van der Waals surface area contributed by atoms with Gasteiger partial charge in [-0.15, -0.1) is 0 Å². The van der Waals surface area contributed by atoms with E-state index in [0.717, 1.165) is 76.9 Å². The lowest BCUT2D eigenvalue weighted by atomic mass is 9.99. The van der Waals surface area contributed by atoms with Crippen molar-refractivity contribution in [3.63, 3.8) is 0 Å². The summed E-state index contributed by atoms with van der Waals surface area (Å²) in [5.74, 6) is 1.52. The highest BCUT2D eigenvalue weighted by Crippen LogP contribution is 2.38. The standard InChI is InChI=1S/C26H36ClN5O3S/c27-23-5-2-1-4-22(23)25-16-24(30-35-25)26(33)29-19-14-20-6-7-21(15-19)32(20)36(34)17-18-8-12-31(13-9-18)11-3-10-28/h1-2,4-5,16,18-21H,3,6-15,17,28H2,(H,29,33). The Kier molecular flexibility index (Phi) is 8.42. The van der Waals surface area contributed by atoms with E-state index in [4.69, 9.17) is 21.9 Å². The number of nitrogens with two attached hydrogens (primary N) is 1. The van der Waals surface area contributed by atoms with Crippen molar-refractivity contribution < 1.29 is 13.5 Å². The molecule has 0 saturated carbocycles. The minimum atomic E-state index is -0.960. The van der Waals surface area contributed by atoms with Crippen molar-refractivity contribution in [3.05, 3.63) is 41.0 Å². The van der Waals surface area contributed by atoms with Crippen LogP contribution in [-0.4, -0.2) is 74.5 Å². The Morgan fingerprint density at radius 2 is 1.89 bits per heavy atom. The Balaban J connectivity index is 1.12. The average molecular weight is 534 g/mol. The monoisotopic (exact) mass is 533 g/mol. The van der Waals surface area contributed by atoms with Crippen molar-refractivity contribution in [1.29, 1.82) is 0 Å². The van der Waals surface area contributed by atoms with E-state index in [1.165, 1.54) is 0 Å². The maximum atomic E-state index is 13.4. The molecule has 3 N–H and O–H groups in total. The maximum absolute atomic E-state index is 13.4. The zero-order chi connectivity index (χ0) is 25.1. The van der Waals surface area contributed by atoms with E-state index >= 15 is 0 Å². The predicted octanol–water partition coefficient (Wildman–Crippen LogP) is 3.44. The van der Waals surface area contributed by atoms with E-state index in [9.17, 15) is 9.00 Å². The van der Waals surface area contributed by atoms with Crippen LogP contribution in [0.5, 0.6) is 0 Å². The van der Waals surface area contributed by atoms with Gasteiger partial charge in [0.15, 0.2) is 11.5 Å². The fourth-order valence-electron chi connectivity index (χ4n) is 5.99. The Morgan fingerprint density at radius 1 is 1.17 bits per heavy atom. The molecular formula is C26H36ClN5O3S. The molecule has 3 unspecified atom stereocenters. The number of hydrogen-bond acceptors (Lipinski definition) is 6. The Morgan fingerprint density at radius 3 is 2.58 bits per heavy atom. The molecule has 3 atom stereocenters. The van der Waals surface area contributed by atoms with Gasteiger partial charge in [0.1, 0.15) is 0 Å². The number of nitrogens with one attached hydrogen (secondary N) is 1. The van der Waals surface area contributed by atoms with Gasteiger partial charge in [-0.2, -0.15) is 0 Å². The Hall–Kier alpha value is -1.78. The molecule has 3 aliphatic heterocycles. The number of carbonyl (C=O) groups is 1. The zero-order valence-electron chi connectivity index (χ0n) is 20.6. The number of halogens is 1. The minimum Gasteiger partial charge on any atom is -0.355 e. The number of piperidine rings is 2. The van der Waals surface area contributed by atoms with Crippen molar-refractivity contribution in [2.45, 2.75) is 63.1 Å². The number of rotatable bonds is 9. The van der Waals surface area contributed by atoms with Crippen LogP contribution in [0.25, 0.3) is 11.3 Å². The second-order valence-electron chi connectivity index (χ2n) is 10.4. The van der Waals surface area contributed by atoms with Gasteiger partial charge >= 0.3 is 0 Å². The number of aromatic nitrogens is 1. The highest BCUT2D eigenvalue weighted by atomic mass is 35.5. The van der Waals surface area contributed by atoms with Crippen molar-refractivity contribution >= 4 is 28.5 Å². The lowest BCUT2D eigenvalue weighted by molar-refractivity contribution is 0.0901. The molecule has 1 amide bonds. The number of carbonyl (C=O) groups excluding carboxylic acids is 1. The topological polar surface area (TPSA) is 105 Å². The van der Waals surface area contributed by atoms with E-state index in [1.807, 2.05) is 18.2 Å². The molecule has 0 aliphatic carbocycles. The van der Waals surface area contributed by atoms with Crippen LogP contribution in [0.2, 0.25) is 5.02 Å². The van der Waals surface area contributed by atoms with Crippen molar-refractivity contribution in [2.24, 2.45) is 11.7 Å². The molecule has 2 bridgehead atoms. The summed E-state index contributed by atoms with van der Waals surface area (Å²) in [5, 5.41) is 7.66. The van der Waals surface area contributed by atoms with E-state index in [0.29, 0.717) is 22.3 Å². The number of fused-ring (bicyclic) bond motifs is 2. The summed E-state index contributed by atoms with van der Waals surface area (Å²) in [4.78, 5) is 15.4. The first kappa shape index (κ1) is 25.9. The highest BCUT2D eigenvalue weighted by Gasteiger charge is 2.44. The molecule has 196 valence electrons. The van der Waals surface area contributed by atoms with Gasteiger partial charge in [0.05, 0.1) is 16.0 Å². The van der Waals surface area contributed by atoms with Gasteiger partial charge < -0.3 is 20.5 Å². The van der Waals surface area contributed by atoms with Gasteiger partial charge in [0, 0.05) is 35.5 Å². The fraction of sp³-hybridized carbons (Fsp3) is 0.615. The summed E-state index contributed by atoms with van der Waals surface area (Å²) >= 11 is 6.24. The Labute approximate surface area is 220 Å². The molecule has 5 rings (SSSR count). The molecule has 3 saturated heterocycles. The first-order chi connectivity index (χ1) is 17.5. The van der Waals surface area contributed by atoms with Gasteiger partial charge in [-0.1, -0.05) is 28.9 Å². The lowest BCUT2D eigenvalue weighted by Gasteiger charge is -2.39. The van der Waals surface area contributed by atoms with E-state index in [1.54, 1.807) is 12.1 Å². The molecule has 10 heteroatoms. The summed E-state index contributed by atoms with van der Waals surface area (Å²) in [6, 6.07) is 9.53. The maximum Gasteiger partial charge on any atom is 0.273 e. The average Bonchev–Trinajstić information content (AvgIpc) is 3.47. The van der Waals surface area contributed by atoms with Gasteiger partial charge in [-0.3, -0.25) is 4.79 Å². The van der Waals surface area contributed by atoms with Gasteiger partial charge in [0.25, 0.3) is 5.91 Å². The molecule has 3 fully saturated rings. The summed E-state index contributed by atoms with van der Waals surface area (Å²) in [5.41, 5.74) is 6.60. The van der Waals surface area contributed by atoms with Gasteiger partial charge in [0.2, 0.25) is 0 Å². The normalized spacial score (nSPS) is 26.2.